The van der Waals surface area contributed by atoms with E-state index in [9.17, 15) is 0 Å². The lowest BCUT2D eigenvalue weighted by atomic mass is 10.3. The highest BCUT2D eigenvalue weighted by atomic mass is 79.9. The average Bonchev–Trinajstić information content (AvgIpc) is 2.94. The zero-order valence-corrected chi connectivity index (χ0v) is 11.2. The Hall–Kier alpha value is -1.40. The lowest BCUT2D eigenvalue weighted by Crippen LogP contribution is -2.01. The molecule has 0 amide bonds. The predicted molar refractivity (Wildman–Crippen MR) is 73.2 cm³/mol. The smallest absolute Gasteiger partial charge is 0.138 e. The number of anilines is 1. The van der Waals surface area contributed by atoms with Crippen molar-refractivity contribution in [1.82, 2.24) is 15.0 Å². The quantitative estimate of drug-likeness (QED) is 0.780. The van der Waals surface area contributed by atoms with E-state index in [0.29, 0.717) is 6.54 Å². The van der Waals surface area contributed by atoms with E-state index < -0.39 is 0 Å². The summed E-state index contributed by atoms with van der Waals surface area (Å²) in [4.78, 5) is 12.6. The van der Waals surface area contributed by atoms with Crippen LogP contribution in [0.3, 0.4) is 0 Å². The summed E-state index contributed by atoms with van der Waals surface area (Å²) in [6.07, 6.45) is 3.50. The van der Waals surface area contributed by atoms with Gasteiger partial charge in [-0.15, -0.1) is 11.3 Å². The third kappa shape index (κ3) is 2.18. The summed E-state index contributed by atoms with van der Waals surface area (Å²) in [5.41, 5.74) is 1.11. The highest BCUT2D eigenvalue weighted by Gasteiger charge is 2.04. The lowest BCUT2D eigenvalue weighted by Gasteiger charge is -2.04. The average molecular weight is 309 g/mol. The molecule has 3 heterocycles. The van der Waals surface area contributed by atoms with Gasteiger partial charge in [0.25, 0.3) is 0 Å². The van der Waals surface area contributed by atoms with E-state index in [0.717, 1.165) is 26.2 Å². The SMILES string of the molecule is Brc1c[nH]c(CNc2ncnc3sccc23)c1. The number of thiophene rings is 1. The number of H-pyrrole nitrogens is 1. The van der Waals surface area contributed by atoms with Crippen LogP contribution >= 0.6 is 27.3 Å². The van der Waals surface area contributed by atoms with Crippen LogP contribution in [0.1, 0.15) is 5.69 Å². The number of aromatic nitrogens is 3. The van der Waals surface area contributed by atoms with Crippen molar-refractivity contribution >= 4 is 43.3 Å². The number of halogens is 1. The summed E-state index contributed by atoms with van der Waals surface area (Å²) in [7, 11) is 0. The fourth-order valence-electron chi connectivity index (χ4n) is 1.62. The molecule has 17 heavy (non-hydrogen) atoms. The summed E-state index contributed by atoms with van der Waals surface area (Å²) in [5.74, 6) is 0.877. The molecule has 0 unspecified atom stereocenters. The van der Waals surface area contributed by atoms with Crippen molar-refractivity contribution in [2.75, 3.05) is 5.32 Å². The summed E-state index contributed by atoms with van der Waals surface area (Å²) in [6.45, 7) is 0.716. The number of nitrogens with zero attached hydrogens (tertiary/aromatic N) is 2. The number of hydrogen-bond donors (Lipinski definition) is 2. The van der Waals surface area contributed by atoms with E-state index in [4.69, 9.17) is 0 Å². The Morgan fingerprint density at radius 3 is 3.18 bits per heavy atom. The van der Waals surface area contributed by atoms with Crippen molar-refractivity contribution in [3.8, 4) is 0 Å². The standard InChI is InChI=1S/C11H9BrN4S/c12-7-3-8(13-4-7)5-14-10-9-1-2-17-11(9)16-6-15-10/h1-4,6,13H,5H2,(H,14,15,16). The van der Waals surface area contributed by atoms with Crippen molar-refractivity contribution in [2.45, 2.75) is 6.54 Å². The second-order valence-electron chi connectivity index (χ2n) is 3.56. The first-order chi connectivity index (χ1) is 8.33. The molecule has 0 spiro atoms. The van der Waals surface area contributed by atoms with Crippen molar-refractivity contribution in [3.05, 3.63) is 40.2 Å². The Balaban J connectivity index is 1.83. The molecule has 3 rings (SSSR count). The molecule has 3 aromatic heterocycles. The Kier molecular flexibility index (Phi) is 2.82. The van der Waals surface area contributed by atoms with E-state index in [2.05, 4.69) is 36.2 Å². The van der Waals surface area contributed by atoms with Gasteiger partial charge >= 0.3 is 0 Å². The molecule has 0 aliphatic rings. The van der Waals surface area contributed by atoms with E-state index >= 15 is 0 Å². The second kappa shape index (κ2) is 4.46. The van der Waals surface area contributed by atoms with Crippen LogP contribution < -0.4 is 5.32 Å². The number of fused-ring (bicyclic) bond motifs is 1. The molecule has 86 valence electrons. The van der Waals surface area contributed by atoms with Gasteiger partial charge in [-0.05, 0) is 33.4 Å². The topological polar surface area (TPSA) is 53.6 Å². The van der Waals surface area contributed by atoms with Crippen molar-refractivity contribution in [3.63, 3.8) is 0 Å². The third-order valence-corrected chi connectivity index (χ3v) is 3.69. The molecule has 0 aliphatic carbocycles. The molecular formula is C11H9BrN4S. The van der Waals surface area contributed by atoms with Gasteiger partial charge in [-0.3, -0.25) is 0 Å². The monoisotopic (exact) mass is 308 g/mol. The van der Waals surface area contributed by atoms with E-state index in [1.807, 2.05) is 23.7 Å². The van der Waals surface area contributed by atoms with Crippen LogP contribution in [-0.2, 0) is 6.54 Å². The van der Waals surface area contributed by atoms with Crippen LogP contribution in [0.25, 0.3) is 10.2 Å². The van der Waals surface area contributed by atoms with Gasteiger partial charge in [-0.2, -0.15) is 0 Å². The number of rotatable bonds is 3. The molecule has 3 aromatic rings. The first-order valence-electron chi connectivity index (χ1n) is 5.08. The maximum Gasteiger partial charge on any atom is 0.138 e. The molecule has 0 aromatic carbocycles. The first-order valence-corrected chi connectivity index (χ1v) is 6.75. The molecule has 0 bridgehead atoms. The lowest BCUT2D eigenvalue weighted by molar-refractivity contribution is 1.05. The third-order valence-electron chi connectivity index (χ3n) is 2.42. The van der Waals surface area contributed by atoms with Gasteiger partial charge in [0.05, 0.1) is 11.9 Å². The zero-order chi connectivity index (χ0) is 11.7. The maximum atomic E-state index is 4.26. The highest BCUT2D eigenvalue weighted by Crippen LogP contribution is 2.24. The zero-order valence-electron chi connectivity index (χ0n) is 8.77. The van der Waals surface area contributed by atoms with Crippen LogP contribution in [-0.4, -0.2) is 15.0 Å². The molecule has 4 nitrogen and oxygen atoms in total. The molecule has 2 N–H and O–H groups in total. The van der Waals surface area contributed by atoms with Crippen molar-refractivity contribution < 1.29 is 0 Å². The van der Waals surface area contributed by atoms with E-state index in [-0.39, 0.29) is 0 Å². The van der Waals surface area contributed by atoms with Crippen LogP contribution in [0.2, 0.25) is 0 Å². The predicted octanol–water partition coefficient (Wildman–Crippen LogP) is 3.39. The van der Waals surface area contributed by atoms with Gasteiger partial charge < -0.3 is 10.3 Å². The Bertz CT molecular complexity index is 646. The normalized spacial score (nSPS) is 10.9. The molecule has 0 atom stereocenters. The molecule has 0 saturated heterocycles. The van der Waals surface area contributed by atoms with Crippen LogP contribution in [0, 0.1) is 0 Å². The first kappa shape index (κ1) is 10.7. The van der Waals surface area contributed by atoms with Crippen LogP contribution in [0.15, 0.2) is 34.5 Å². The summed E-state index contributed by atoms with van der Waals surface area (Å²) in [5, 5.41) is 6.40. The summed E-state index contributed by atoms with van der Waals surface area (Å²) >= 11 is 5.03. The minimum atomic E-state index is 0.716. The Morgan fingerprint density at radius 2 is 2.35 bits per heavy atom. The summed E-state index contributed by atoms with van der Waals surface area (Å²) in [6, 6.07) is 4.08. The Morgan fingerprint density at radius 1 is 1.41 bits per heavy atom. The van der Waals surface area contributed by atoms with Crippen molar-refractivity contribution in [2.24, 2.45) is 0 Å². The number of hydrogen-bond acceptors (Lipinski definition) is 4. The molecule has 0 saturated carbocycles. The largest absolute Gasteiger partial charge is 0.364 e. The van der Waals surface area contributed by atoms with Crippen LogP contribution in [0.4, 0.5) is 5.82 Å². The minimum absolute atomic E-state index is 0.716. The van der Waals surface area contributed by atoms with Gasteiger partial charge in [-0.25, -0.2) is 9.97 Å². The number of nitrogens with one attached hydrogen (secondary N) is 2. The van der Waals surface area contributed by atoms with Gasteiger partial charge in [0, 0.05) is 16.4 Å². The fraction of sp³-hybridized carbons (Fsp3) is 0.0909. The van der Waals surface area contributed by atoms with Gasteiger partial charge in [-0.1, -0.05) is 0 Å². The van der Waals surface area contributed by atoms with Gasteiger partial charge in [0.15, 0.2) is 0 Å². The molecule has 6 heteroatoms. The maximum absolute atomic E-state index is 4.26. The highest BCUT2D eigenvalue weighted by molar-refractivity contribution is 9.10. The van der Waals surface area contributed by atoms with Gasteiger partial charge in [0.2, 0.25) is 0 Å². The van der Waals surface area contributed by atoms with Gasteiger partial charge in [0.1, 0.15) is 17.0 Å². The van der Waals surface area contributed by atoms with Crippen molar-refractivity contribution in [1.29, 1.82) is 0 Å². The van der Waals surface area contributed by atoms with Crippen LogP contribution in [0.5, 0.6) is 0 Å². The molecule has 0 radical (unpaired) electrons. The minimum Gasteiger partial charge on any atom is -0.364 e. The van der Waals surface area contributed by atoms with E-state index in [1.54, 1.807) is 17.7 Å². The Labute approximate surface area is 110 Å². The van der Waals surface area contributed by atoms with E-state index in [1.165, 1.54) is 0 Å². The molecule has 0 fully saturated rings. The molecule has 0 aliphatic heterocycles. The second-order valence-corrected chi connectivity index (χ2v) is 5.37. The fourth-order valence-corrected chi connectivity index (χ4v) is 2.75. The summed E-state index contributed by atoms with van der Waals surface area (Å²) < 4.78 is 1.05. The number of aromatic amines is 1. The molecular weight excluding hydrogens is 300 g/mol.